The van der Waals surface area contributed by atoms with E-state index in [0.29, 0.717) is 10.4 Å². The molecule has 0 saturated carbocycles. The van der Waals surface area contributed by atoms with Crippen LogP contribution in [0.5, 0.6) is 0 Å². The highest BCUT2D eigenvalue weighted by molar-refractivity contribution is 7.98. The van der Waals surface area contributed by atoms with E-state index in [4.69, 9.17) is 5.11 Å². The number of rotatable bonds is 2. The normalized spacial score (nSPS) is 19.9. The molecule has 1 amide bonds. The molecule has 0 atom stereocenters. The summed E-state index contributed by atoms with van der Waals surface area (Å²) in [5.41, 5.74) is -0.925. The van der Waals surface area contributed by atoms with E-state index in [-0.39, 0.29) is 0 Å². The van der Waals surface area contributed by atoms with Gasteiger partial charge in [0.2, 0.25) is 0 Å². The Morgan fingerprint density at radius 2 is 1.95 bits per heavy atom. The van der Waals surface area contributed by atoms with E-state index in [1.165, 1.54) is 13.8 Å². The number of hydrogen-bond donors (Lipinski definition) is 1. The van der Waals surface area contributed by atoms with Crippen molar-refractivity contribution >= 4 is 27.6 Å². The fraction of sp³-hybridized carbons (Fsp3) is 0.273. The smallest absolute Gasteiger partial charge is 0.337 e. The van der Waals surface area contributed by atoms with Crippen LogP contribution in [0.25, 0.3) is 0 Å². The molecular formula is C11H10FNO5S. The maximum absolute atomic E-state index is 13.2. The van der Waals surface area contributed by atoms with Gasteiger partial charge < -0.3 is 5.11 Å². The molecule has 0 bridgehead atoms. The number of sulfonamides is 1. The molecule has 0 unspecified atom stereocenters. The molecule has 0 aliphatic carbocycles. The molecule has 1 aromatic rings. The van der Waals surface area contributed by atoms with Gasteiger partial charge in [0.05, 0.1) is 11.3 Å². The van der Waals surface area contributed by atoms with E-state index >= 15 is 0 Å². The minimum Gasteiger partial charge on any atom is -0.478 e. The fourth-order valence-corrected chi connectivity index (χ4v) is 3.24. The Kier molecular flexibility index (Phi) is 2.67. The molecule has 1 aromatic carbocycles. The van der Waals surface area contributed by atoms with Crippen LogP contribution in [-0.4, -0.2) is 30.1 Å². The first-order valence-corrected chi connectivity index (χ1v) is 6.67. The summed E-state index contributed by atoms with van der Waals surface area (Å²) in [5, 5.41) is 8.96. The lowest BCUT2D eigenvalue weighted by Gasteiger charge is -2.43. The van der Waals surface area contributed by atoms with Crippen molar-refractivity contribution in [2.45, 2.75) is 18.6 Å². The summed E-state index contributed by atoms with van der Waals surface area (Å²) in [6, 6.07) is 2.52. The number of anilines is 1. The molecule has 1 saturated heterocycles. The molecule has 8 heteroatoms. The van der Waals surface area contributed by atoms with E-state index in [1.807, 2.05) is 0 Å². The lowest BCUT2D eigenvalue weighted by molar-refractivity contribution is -0.120. The second-order valence-electron chi connectivity index (χ2n) is 4.55. The third-order valence-electron chi connectivity index (χ3n) is 2.99. The van der Waals surface area contributed by atoms with Crippen molar-refractivity contribution in [1.82, 2.24) is 0 Å². The molecule has 19 heavy (non-hydrogen) atoms. The number of aromatic carboxylic acids is 1. The predicted octanol–water partition coefficient (Wildman–Crippen LogP) is 0.979. The van der Waals surface area contributed by atoms with Crippen LogP contribution >= 0.6 is 0 Å². The summed E-state index contributed by atoms with van der Waals surface area (Å²) in [6.07, 6.45) is 0. The van der Waals surface area contributed by atoms with E-state index in [9.17, 15) is 22.4 Å². The van der Waals surface area contributed by atoms with Crippen molar-refractivity contribution in [2.24, 2.45) is 0 Å². The molecule has 0 radical (unpaired) electrons. The van der Waals surface area contributed by atoms with Crippen molar-refractivity contribution < 1.29 is 27.5 Å². The highest BCUT2D eigenvalue weighted by Gasteiger charge is 2.61. The zero-order valence-electron chi connectivity index (χ0n) is 10.0. The summed E-state index contributed by atoms with van der Waals surface area (Å²) in [4.78, 5) is 22.8. The number of carbonyl (C=O) groups excluding carboxylic acids is 1. The van der Waals surface area contributed by atoms with Crippen LogP contribution in [0.2, 0.25) is 0 Å². The van der Waals surface area contributed by atoms with Gasteiger partial charge in [-0.15, -0.1) is 0 Å². The third-order valence-corrected chi connectivity index (χ3v) is 5.30. The molecule has 0 spiro atoms. The molecule has 1 aliphatic rings. The van der Waals surface area contributed by atoms with Crippen LogP contribution in [0.4, 0.5) is 10.1 Å². The Morgan fingerprint density at radius 3 is 2.42 bits per heavy atom. The number of carboxylic acid groups (broad SMARTS) is 1. The summed E-state index contributed by atoms with van der Waals surface area (Å²) in [6.45, 7) is 2.42. The largest absolute Gasteiger partial charge is 0.478 e. The quantitative estimate of drug-likeness (QED) is 0.875. The Bertz CT molecular complexity index is 695. The summed E-state index contributed by atoms with van der Waals surface area (Å²) < 4.78 is 35.8. The Balaban J connectivity index is 2.65. The first-order valence-electron chi connectivity index (χ1n) is 5.23. The number of carbonyl (C=O) groups is 2. The molecule has 1 N–H and O–H groups in total. The SMILES string of the molecule is CC1(C)C(=O)N(c2cc(F)ccc2C(=O)O)S1(=O)=O. The number of carboxylic acids is 1. The average Bonchev–Trinajstić information content (AvgIpc) is 2.28. The standard InChI is InChI=1S/C11H10FNO5S/c1-11(2)10(16)13(19(11,17)18)8-5-6(12)3-4-7(8)9(14)15/h3-5H,1-2H3,(H,14,15). The van der Waals surface area contributed by atoms with E-state index < -0.39 is 43.7 Å². The first kappa shape index (κ1) is 13.5. The minimum atomic E-state index is -4.02. The Hall–Kier alpha value is -1.96. The Morgan fingerprint density at radius 1 is 1.37 bits per heavy atom. The summed E-state index contributed by atoms with van der Waals surface area (Å²) in [7, 11) is -4.02. The molecule has 6 nitrogen and oxygen atoms in total. The molecule has 2 rings (SSSR count). The lowest BCUT2D eigenvalue weighted by atomic mass is 10.1. The molecular weight excluding hydrogens is 277 g/mol. The van der Waals surface area contributed by atoms with Crippen LogP contribution in [0.15, 0.2) is 18.2 Å². The zero-order chi connectivity index (χ0) is 14.6. The molecule has 102 valence electrons. The first-order chi connectivity index (χ1) is 8.60. The van der Waals surface area contributed by atoms with Gasteiger partial charge in [-0.2, -0.15) is 0 Å². The number of nitrogens with zero attached hydrogens (tertiary/aromatic N) is 1. The molecule has 1 fully saturated rings. The van der Waals surface area contributed by atoms with Crippen molar-refractivity contribution in [3.05, 3.63) is 29.6 Å². The minimum absolute atomic E-state index is 0.333. The van der Waals surface area contributed by atoms with Gasteiger partial charge in [0, 0.05) is 0 Å². The van der Waals surface area contributed by atoms with Gasteiger partial charge in [0.25, 0.3) is 15.9 Å². The maximum Gasteiger partial charge on any atom is 0.337 e. The van der Waals surface area contributed by atoms with Crippen LogP contribution in [0.1, 0.15) is 24.2 Å². The van der Waals surface area contributed by atoms with Crippen molar-refractivity contribution in [3.8, 4) is 0 Å². The highest BCUT2D eigenvalue weighted by atomic mass is 32.2. The molecule has 1 heterocycles. The van der Waals surface area contributed by atoms with Crippen molar-refractivity contribution in [1.29, 1.82) is 0 Å². The lowest BCUT2D eigenvalue weighted by Crippen LogP contribution is -2.68. The van der Waals surface area contributed by atoms with Gasteiger partial charge in [-0.1, -0.05) is 0 Å². The van der Waals surface area contributed by atoms with Crippen molar-refractivity contribution in [3.63, 3.8) is 0 Å². The van der Waals surface area contributed by atoms with Gasteiger partial charge >= 0.3 is 5.97 Å². The van der Waals surface area contributed by atoms with Crippen LogP contribution in [0.3, 0.4) is 0 Å². The van der Waals surface area contributed by atoms with Crippen molar-refractivity contribution in [2.75, 3.05) is 4.31 Å². The average molecular weight is 287 g/mol. The number of halogens is 1. The highest BCUT2D eigenvalue weighted by Crippen LogP contribution is 2.40. The van der Waals surface area contributed by atoms with Gasteiger partial charge in [-0.25, -0.2) is 21.9 Å². The monoisotopic (exact) mass is 287 g/mol. The topological polar surface area (TPSA) is 91.8 Å². The van der Waals surface area contributed by atoms with E-state index in [0.717, 1.165) is 12.1 Å². The number of amides is 1. The van der Waals surface area contributed by atoms with Crippen LogP contribution in [-0.2, 0) is 14.8 Å². The third kappa shape index (κ3) is 1.63. The van der Waals surface area contributed by atoms with E-state index in [1.54, 1.807) is 0 Å². The van der Waals surface area contributed by atoms with Crippen LogP contribution < -0.4 is 4.31 Å². The van der Waals surface area contributed by atoms with Gasteiger partial charge in [0.1, 0.15) is 5.82 Å². The second-order valence-corrected chi connectivity index (χ2v) is 6.89. The van der Waals surface area contributed by atoms with Gasteiger partial charge in [-0.05, 0) is 32.0 Å². The number of benzene rings is 1. The second kappa shape index (κ2) is 3.77. The maximum atomic E-state index is 13.2. The summed E-state index contributed by atoms with van der Waals surface area (Å²) in [5.74, 6) is -3.06. The predicted molar refractivity (Wildman–Crippen MR) is 63.8 cm³/mol. The van der Waals surface area contributed by atoms with Gasteiger partial charge in [-0.3, -0.25) is 4.79 Å². The van der Waals surface area contributed by atoms with E-state index in [2.05, 4.69) is 0 Å². The fourth-order valence-electron chi connectivity index (χ4n) is 1.75. The molecule has 1 aliphatic heterocycles. The zero-order valence-corrected chi connectivity index (χ0v) is 10.9. The number of hydrogen-bond acceptors (Lipinski definition) is 4. The molecule has 0 aromatic heterocycles. The Labute approximate surface area is 108 Å². The van der Waals surface area contributed by atoms with Gasteiger partial charge in [0.15, 0.2) is 4.75 Å². The summed E-state index contributed by atoms with van der Waals surface area (Å²) >= 11 is 0. The van der Waals surface area contributed by atoms with Crippen LogP contribution in [0, 0.1) is 5.82 Å².